The van der Waals surface area contributed by atoms with E-state index < -0.39 is 11.2 Å². The number of anilines is 1. The van der Waals surface area contributed by atoms with Crippen molar-refractivity contribution in [1.29, 1.82) is 5.26 Å². The van der Waals surface area contributed by atoms with Crippen molar-refractivity contribution < 1.29 is 14.3 Å². The lowest BCUT2D eigenvalue weighted by molar-refractivity contribution is -0.116. The standard InChI is InChI=1S/C27H24N4O5/c1-17-21-14-19(16-28)8-9-20(21)22(30(3)18(2)32)15-25(17)36-24-7-5-4-6-23(24)35-13-12-31-11-10-26(33)29-27(31)34/h4-11,14-15H,12-13H2,1-3H3,(H,29,33,34). The molecule has 3 aromatic carbocycles. The number of hydrogen-bond donors (Lipinski definition) is 1. The number of carbonyl (C=O) groups excluding carboxylic acids is 1. The van der Waals surface area contributed by atoms with E-state index in [9.17, 15) is 19.6 Å². The number of para-hydroxylation sites is 2. The molecule has 1 amide bonds. The Balaban J connectivity index is 1.67. The fourth-order valence-electron chi connectivity index (χ4n) is 3.79. The van der Waals surface area contributed by atoms with Crippen LogP contribution >= 0.6 is 0 Å². The van der Waals surface area contributed by atoms with Gasteiger partial charge in [0.1, 0.15) is 12.4 Å². The smallest absolute Gasteiger partial charge is 0.328 e. The van der Waals surface area contributed by atoms with Crippen LogP contribution < -0.4 is 25.6 Å². The average Bonchev–Trinajstić information content (AvgIpc) is 2.87. The van der Waals surface area contributed by atoms with Crippen molar-refractivity contribution in [3.05, 3.63) is 92.8 Å². The first-order chi connectivity index (χ1) is 17.3. The van der Waals surface area contributed by atoms with Crippen LogP contribution in [0.4, 0.5) is 5.69 Å². The number of aryl methyl sites for hydroxylation is 1. The molecule has 0 radical (unpaired) electrons. The molecule has 1 aromatic heterocycles. The van der Waals surface area contributed by atoms with Gasteiger partial charge in [0.05, 0.1) is 23.9 Å². The molecular formula is C27H24N4O5. The van der Waals surface area contributed by atoms with Gasteiger partial charge in [-0.25, -0.2) is 4.79 Å². The number of hydrogen-bond acceptors (Lipinski definition) is 6. The highest BCUT2D eigenvalue weighted by Crippen LogP contribution is 2.40. The summed E-state index contributed by atoms with van der Waals surface area (Å²) in [6.45, 7) is 3.76. The second-order valence-corrected chi connectivity index (χ2v) is 8.17. The first-order valence-corrected chi connectivity index (χ1v) is 11.2. The van der Waals surface area contributed by atoms with Gasteiger partial charge >= 0.3 is 5.69 Å². The second kappa shape index (κ2) is 10.2. The van der Waals surface area contributed by atoms with E-state index in [0.717, 1.165) is 16.3 Å². The maximum Gasteiger partial charge on any atom is 0.328 e. The van der Waals surface area contributed by atoms with E-state index in [1.54, 1.807) is 49.5 Å². The highest BCUT2D eigenvalue weighted by Gasteiger charge is 2.17. The number of carbonyl (C=O) groups is 1. The molecule has 0 unspecified atom stereocenters. The minimum absolute atomic E-state index is 0.142. The third kappa shape index (κ3) is 4.98. The molecule has 1 heterocycles. The van der Waals surface area contributed by atoms with Crippen molar-refractivity contribution in [1.82, 2.24) is 9.55 Å². The molecule has 9 nitrogen and oxygen atoms in total. The summed E-state index contributed by atoms with van der Waals surface area (Å²) in [5.41, 5.74) is 0.982. The van der Waals surface area contributed by atoms with Crippen LogP contribution in [0.5, 0.6) is 17.2 Å². The number of rotatable bonds is 7. The second-order valence-electron chi connectivity index (χ2n) is 8.17. The van der Waals surface area contributed by atoms with E-state index in [2.05, 4.69) is 11.1 Å². The van der Waals surface area contributed by atoms with Crippen molar-refractivity contribution in [2.45, 2.75) is 20.4 Å². The predicted octanol–water partition coefficient (Wildman–Crippen LogP) is 3.72. The number of ether oxygens (including phenoxy) is 2. The van der Waals surface area contributed by atoms with Gasteiger partial charge in [-0.05, 0) is 42.1 Å². The number of nitrogens with one attached hydrogen (secondary N) is 1. The summed E-state index contributed by atoms with van der Waals surface area (Å²) in [4.78, 5) is 39.1. The van der Waals surface area contributed by atoms with Crippen LogP contribution in [0, 0.1) is 18.3 Å². The Kier molecular flexibility index (Phi) is 6.88. The summed E-state index contributed by atoms with van der Waals surface area (Å²) in [5, 5.41) is 11.0. The molecule has 0 fully saturated rings. The Hall–Kier alpha value is -4.84. The largest absolute Gasteiger partial charge is 0.488 e. The lowest BCUT2D eigenvalue weighted by atomic mass is 9.99. The normalized spacial score (nSPS) is 10.6. The predicted molar refractivity (Wildman–Crippen MR) is 136 cm³/mol. The Bertz CT molecular complexity index is 1610. The van der Waals surface area contributed by atoms with E-state index in [4.69, 9.17) is 9.47 Å². The first-order valence-electron chi connectivity index (χ1n) is 11.2. The van der Waals surface area contributed by atoms with Gasteiger partial charge in [-0.2, -0.15) is 5.26 Å². The van der Waals surface area contributed by atoms with Gasteiger partial charge in [0.15, 0.2) is 11.5 Å². The molecule has 0 saturated carbocycles. The van der Waals surface area contributed by atoms with Crippen molar-refractivity contribution in [3.8, 4) is 23.3 Å². The molecule has 0 atom stereocenters. The highest BCUT2D eigenvalue weighted by molar-refractivity contribution is 6.05. The summed E-state index contributed by atoms with van der Waals surface area (Å²) in [7, 11) is 1.68. The van der Waals surface area contributed by atoms with Crippen LogP contribution in [-0.2, 0) is 11.3 Å². The van der Waals surface area contributed by atoms with Gasteiger partial charge < -0.3 is 14.4 Å². The van der Waals surface area contributed by atoms with Gasteiger partial charge in [0, 0.05) is 37.7 Å². The summed E-state index contributed by atoms with van der Waals surface area (Å²) in [6.07, 6.45) is 1.41. The third-order valence-electron chi connectivity index (χ3n) is 5.86. The average molecular weight is 485 g/mol. The molecule has 0 saturated heterocycles. The molecule has 36 heavy (non-hydrogen) atoms. The maximum atomic E-state index is 12.2. The van der Waals surface area contributed by atoms with E-state index >= 15 is 0 Å². The van der Waals surface area contributed by atoms with Gasteiger partial charge in [0.2, 0.25) is 5.91 Å². The maximum absolute atomic E-state index is 12.2. The molecule has 9 heteroatoms. The zero-order chi connectivity index (χ0) is 25.8. The lowest BCUT2D eigenvalue weighted by Crippen LogP contribution is -2.30. The minimum atomic E-state index is -0.513. The number of amides is 1. The fraction of sp³-hybridized carbons (Fsp3) is 0.185. The number of nitriles is 1. The monoisotopic (exact) mass is 484 g/mol. The Morgan fingerprint density at radius 3 is 2.50 bits per heavy atom. The van der Waals surface area contributed by atoms with Crippen LogP contribution in [0.15, 0.2) is 70.4 Å². The first kappa shape index (κ1) is 24.3. The zero-order valence-corrected chi connectivity index (χ0v) is 20.1. The summed E-state index contributed by atoms with van der Waals surface area (Å²) in [6, 6.07) is 17.7. The zero-order valence-electron chi connectivity index (χ0n) is 20.1. The number of aromatic nitrogens is 2. The summed E-state index contributed by atoms with van der Waals surface area (Å²) < 4.78 is 13.5. The van der Waals surface area contributed by atoms with E-state index in [1.165, 1.54) is 28.7 Å². The van der Waals surface area contributed by atoms with Crippen LogP contribution in [0.3, 0.4) is 0 Å². The Morgan fingerprint density at radius 2 is 1.81 bits per heavy atom. The number of benzene rings is 3. The molecule has 0 aliphatic carbocycles. The van der Waals surface area contributed by atoms with Crippen molar-refractivity contribution >= 4 is 22.4 Å². The third-order valence-corrected chi connectivity index (χ3v) is 5.86. The molecule has 0 spiro atoms. The quantitative estimate of drug-likeness (QED) is 0.427. The summed E-state index contributed by atoms with van der Waals surface area (Å²) in [5.74, 6) is 1.27. The van der Waals surface area contributed by atoms with Crippen LogP contribution in [0.1, 0.15) is 18.1 Å². The molecule has 0 aliphatic rings. The topological polar surface area (TPSA) is 117 Å². The summed E-state index contributed by atoms with van der Waals surface area (Å²) >= 11 is 0. The molecule has 1 N–H and O–H groups in total. The van der Waals surface area contributed by atoms with Gasteiger partial charge in [-0.1, -0.05) is 18.2 Å². The van der Waals surface area contributed by atoms with Gasteiger partial charge in [0.25, 0.3) is 5.56 Å². The van der Waals surface area contributed by atoms with E-state index in [0.29, 0.717) is 28.5 Å². The molecule has 0 aliphatic heterocycles. The van der Waals surface area contributed by atoms with E-state index in [1.807, 2.05) is 13.0 Å². The van der Waals surface area contributed by atoms with Crippen molar-refractivity contribution in [3.63, 3.8) is 0 Å². The Morgan fingerprint density at radius 1 is 1.06 bits per heavy atom. The molecule has 182 valence electrons. The molecule has 4 rings (SSSR count). The highest BCUT2D eigenvalue weighted by atomic mass is 16.5. The molecular weight excluding hydrogens is 460 g/mol. The van der Waals surface area contributed by atoms with E-state index in [-0.39, 0.29) is 19.1 Å². The van der Waals surface area contributed by atoms with Crippen LogP contribution in [0.2, 0.25) is 0 Å². The Labute approximate surface area is 206 Å². The lowest BCUT2D eigenvalue weighted by Gasteiger charge is -2.21. The number of fused-ring (bicyclic) bond motifs is 1. The van der Waals surface area contributed by atoms with Gasteiger partial charge in [-0.15, -0.1) is 0 Å². The van der Waals surface area contributed by atoms with Crippen LogP contribution in [0.25, 0.3) is 10.8 Å². The van der Waals surface area contributed by atoms with Crippen molar-refractivity contribution in [2.75, 3.05) is 18.6 Å². The fourth-order valence-corrected chi connectivity index (χ4v) is 3.79. The van der Waals surface area contributed by atoms with Gasteiger partial charge in [-0.3, -0.25) is 19.1 Å². The number of H-pyrrole nitrogens is 1. The molecule has 0 bridgehead atoms. The minimum Gasteiger partial charge on any atom is -0.488 e. The van der Waals surface area contributed by atoms with Crippen molar-refractivity contribution in [2.24, 2.45) is 0 Å². The molecule has 4 aromatic rings. The number of nitrogens with zero attached hydrogens (tertiary/aromatic N) is 3. The SMILES string of the molecule is CC(=O)N(C)c1cc(Oc2ccccc2OCCn2ccc(=O)[nH]c2=O)c(C)c2cc(C#N)ccc12. The number of aromatic amines is 1. The van der Waals surface area contributed by atoms with Crippen LogP contribution in [-0.4, -0.2) is 29.1 Å².